The van der Waals surface area contributed by atoms with Crippen molar-refractivity contribution in [3.05, 3.63) is 101 Å². The molecule has 1 aliphatic rings. The summed E-state index contributed by atoms with van der Waals surface area (Å²) in [6.45, 7) is 0. The fourth-order valence-corrected chi connectivity index (χ4v) is 4.25. The predicted octanol–water partition coefficient (Wildman–Crippen LogP) is 3.61. The molecule has 1 heterocycles. The molecule has 0 radical (unpaired) electrons. The standard InChI is InChI=1S/C23H17ClN2O5S/c24-16-8-6-15(7-9-16)21(27)19-20(14-4-2-1-3-5-14)26(23(29)22(19)28)17-10-12-18(13-11-17)32(25,30)31/h1-13,20,27H,(H2,25,30,31)/b21-19+. The van der Waals surface area contributed by atoms with Crippen LogP contribution in [0.15, 0.2) is 89.3 Å². The van der Waals surface area contributed by atoms with E-state index in [-0.39, 0.29) is 21.9 Å². The third-order valence-corrected chi connectivity index (χ3v) is 6.30. The molecule has 0 saturated carbocycles. The van der Waals surface area contributed by atoms with Crippen LogP contribution in [0.4, 0.5) is 5.69 Å². The predicted molar refractivity (Wildman–Crippen MR) is 120 cm³/mol. The van der Waals surface area contributed by atoms with Gasteiger partial charge in [-0.25, -0.2) is 13.6 Å². The molecule has 0 aliphatic carbocycles. The molecule has 0 spiro atoms. The molecule has 3 aromatic carbocycles. The molecule has 3 aromatic rings. The number of aliphatic hydroxyl groups is 1. The highest BCUT2D eigenvalue weighted by Crippen LogP contribution is 2.42. The van der Waals surface area contributed by atoms with E-state index in [2.05, 4.69) is 0 Å². The van der Waals surface area contributed by atoms with Crippen molar-refractivity contribution in [2.45, 2.75) is 10.9 Å². The summed E-state index contributed by atoms with van der Waals surface area (Å²) in [5, 5.41) is 16.6. The maximum atomic E-state index is 13.0. The van der Waals surface area contributed by atoms with Crippen molar-refractivity contribution in [2.24, 2.45) is 5.14 Å². The number of carbonyl (C=O) groups excluding carboxylic acids is 2. The maximum absolute atomic E-state index is 13.0. The lowest BCUT2D eigenvalue weighted by Gasteiger charge is -2.25. The molecule has 32 heavy (non-hydrogen) atoms. The van der Waals surface area contributed by atoms with Crippen molar-refractivity contribution in [1.82, 2.24) is 0 Å². The zero-order valence-electron chi connectivity index (χ0n) is 16.5. The van der Waals surface area contributed by atoms with Gasteiger partial charge < -0.3 is 5.11 Å². The number of Topliss-reactive ketones (excluding diaryl/α,β-unsaturated/α-hetero) is 1. The van der Waals surface area contributed by atoms with Crippen LogP contribution in [0, 0.1) is 0 Å². The van der Waals surface area contributed by atoms with Gasteiger partial charge in [0.15, 0.2) is 0 Å². The van der Waals surface area contributed by atoms with E-state index in [1.54, 1.807) is 54.6 Å². The zero-order chi connectivity index (χ0) is 23.0. The van der Waals surface area contributed by atoms with Crippen molar-refractivity contribution in [3.63, 3.8) is 0 Å². The monoisotopic (exact) mass is 468 g/mol. The lowest BCUT2D eigenvalue weighted by molar-refractivity contribution is -0.132. The van der Waals surface area contributed by atoms with Crippen LogP contribution in [0.1, 0.15) is 17.2 Å². The second-order valence-corrected chi connectivity index (χ2v) is 9.12. The normalized spacial score (nSPS) is 18.2. The quantitative estimate of drug-likeness (QED) is 0.344. The summed E-state index contributed by atoms with van der Waals surface area (Å²) >= 11 is 5.92. The van der Waals surface area contributed by atoms with Gasteiger partial charge in [-0.15, -0.1) is 0 Å². The number of ketones is 1. The molecule has 162 valence electrons. The van der Waals surface area contributed by atoms with Gasteiger partial charge in [0, 0.05) is 16.3 Å². The van der Waals surface area contributed by atoms with Gasteiger partial charge in [-0.05, 0) is 54.1 Å². The highest BCUT2D eigenvalue weighted by Gasteiger charge is 2.46. The number of nitrogens with two attached hydrogens (primary N) is 1. The molecule has 0 aromatic heterocycles. The first-order chi connectivity index (χ1) is 15.2. The van der Waals surface area contributed by atoms with E-state index in [9.17, 15) is 23.1 Å². The number of anilines is 1. The van der Waals surface area contributed by atoms with Gasteiger partial charge in [0.1, 0.15) is 5.76 Å². The van der Waals surface area contributed by atoms with Gasteiger partial charge >= 0.3 is 0 Å². The van der Waals surface area contributed by atoms with E-state index in [4.69, 9.17) is 16.7 Å². The van der Waals surface area contributed by atoms with Crippen molar-refractivity contribution < 1.29 is 23.1 Å². The second kappa shape index (κ2) is 8.23. The number of primary sulfonamides is 1. The fraction of sp³-hybridized carbons (Fsp3) is 0.0435. The summed E-state index contributed by atoms with van der Waals surface area (Å²) in [4.78, 5) is 27.2. The van der Waals surface area contributed by atoms with Gasteiger partial charge in [-0.1, -0.05) is 41.9 Å². The minimum Gasteiger partial charge on any atom is -0.507 e. The second-order valence-electron chi connectivity index (χ2n) is 7.13. The molecule has 1 unspecified atom stereocenters. The maximum Gasteiger partial charge on any atom is 0.300 e. The fourth-order valence-electron chi connectivity index (χ4n) is 3.61. The average Bonchev–Trinajstić information content (AvgIpc) is 3.04. The number of amides is 1. The molecule has 1 aliphatic heterocycles. The first-order valence-corrected chi connectivity index (χ1v) is 11.4. The highest BCUT2D eigenvalue weighted by atomic mass is 35.5. The van der Waals surface area contributed by atoms with E-state index in [1.807, 2.05) is 0 Å². The average molecular weight is 469 g/mol. The Morgan fingerprint density at radius 2 is 1.50 bits per heavy atom. The number of hydrogen-bond acceptors (Lipinski definition) is 5. The van der Waals surface area contributed by atoms with Gasteiger partial charge in [-0.3, -0.25) is 14.5 Å². The van der Waals surface area contributed by atoms with Crippen molar-refractivity contribution in [2.75, 3.05) is 4.90 Å². The Morgan fingerprint density at radius 3 is 2.06 bits per heavy atom. The number of benzene rings is 3. The number of sulfonamides is 1. The zero-order valence-corrected chi connectivity index (χ0v) is 18.0. The Balaban J connectivity index is 1.90. The van der Waals surface area contributed by atoms with Crippen LogP contribution in [0.5, 0.6) is 0 Å². The molecule has 1 saturated heterocycles. The minimum absolute atomic E-state index is 0.0842. The smallest absolute Gasteiger partial charge is 0.300 e. The summed E-state index contributed by atoms with van der Waals surface area (Å²) < 4.78 is 23.2. The first kappa shape index (κ1) is 21.8. The molecule has 1 fully saturated rings. The summed E-state index contributed by atoms with van der Waals surface area (Å²) in [5.74, 6) is -2.04. The van der Waals surface area contributed by atoms with Crippen molar-refractivity contribution in [1.29, 1.82) is 0 Å². The lowest BCUT2D eigenvalue weighted by atomic mass is 9.95. The third kappa shape index (κ3) is 3.91. The first-order valence-electron chi connectivity index (χ1n) is 9.43. The van der Waals surface area contributed by atoms with Crippen LogP contribution >= 0.6 is 11.6 Å². The van der Waals surface area contributed by atoms with Gasteiger partial charge in [0.05, 0.1) is 16.5 Å². The molecular weight excluding hydrogens is 452 g/mol. The van der Waals surface area contributed by atoms with E-state index in [0.29, 0.717) is 16.1 Å². The van der Waals surface area contributed by atoms with Crippen LogP contribution in [0.2, 0.25) is 5.02 Å². The summed E-state index contributed by atoms with van der Waals surface area (Å²) in [7, 11) is -3.93. The van der Waals surface area contributed by atoms with Crippen LogP contribution < -0.4 is 10.0 Å². The van der Waals surface area contributed by atoms with Crippen LogP contribution in [0.25, 0.3) is 5.76 Å². The minimum atomic E-state index is -3.93. The van der Waals surface area contributed by atoms with Crippen LogP contribution in [-0.4, -0.2) is 25.2 Å². The topological polar surface area (TPSA) is 118 Å². The number of hydrogen-bond donors (Lipinski definition) is 2. The Kier molecular flexibility index (Phi) is 5.60. The van der Waals surface area contributed by atoms with Crippen LogP contribution in [-0.2, 0) is 19.6 Å². The summed E-state index contributed by atoms with van der Waals surface area (Å²) in [5.41, 5.74) is 1.12. The van der Waals surface area contributed by atoms with Gasteiger partial charge in [0.25, 0.3) is 11.7 Å². The molecule has 9 heteroatoms. The summed E-state index contributed by atoms with van der Waals surface area (Å²) in [6.07, 6.45) is 0. The Labute approximate surface area is 189 Å². The molecule has 1 atom stereocenters. The van der Waals surface area contributed by atoms with E-state index < -0.39 is 27.8 Å². The van der Waals surface area contributed by atoms with Gasteiger partial charge in [0.2, 0.25) is 10.0 Å². The highest BCUT2D eigenvalue weighted by molar-refractivity contribution is 7.89. The molecule has 3 N–H and O–H groups in total. The number of carbonyl (C=O) groups is 2. The van der Waals surface area contributed by atoms with E-state index in [1.165, 1.54) is 29.2 Å². The Morgan fingerprint density at radius 1 is 0.906 bits per heavy atom. The number of aliphatic hydroxyl groups excluding tert-OH is 1. The molecule has 7 nitrogen and oxygen atoms in total. The van der Waals surface area contributed by atoms with Crippen molar-refractivity contribution in [3.8, 4) is 0 Å². The SMILES string of the molecule is NS(=O)(=O)c1ccc(N2C(=O)C(=O)/C(=C(/O)c3ccc(Cl)cc3)C2c2ccccc2)cc1. The summed E-state index contributed by atoms with van der Waals surface area (Å²) in [6, 6.07) is 19.4. The molecule has 4 rings (SSSR count). The number of rotatable bonds is 4. The number of nitrogens with zero attached hydrogens (tertiary/aromatic N) is 1. The Hall–Kier alpha value is -3.46. The molecular formula is C23H17ClN2O5S. The molecule has 1 amide bonds. The van der Waals surface area contributed by atoms with Crippen LogP contribution in [0.3, 0.4) is 0 Å². The number of halogens is 1. The Bertz CT molecular complexity index is 1340. The molecule has 0 bridgehead atoms. The third-order valence-electron chi connectivity index (χ3n) is 5.12. The lowest BCUT2D eigenvalue weighted by Crippen LogP contribution is -2.29. The van der Waals surface area contributed by atoms with E-state index >= 15 is 0 Å². The largest absolute Gasteiger partial charge is 0.507 e. The van der Waals surface area contributed by atoms with Gasteiger partial charge in [-0.2, -0.15) is 0 Å². The van der Waals surface area contributed by atoms with E-state index in [0.717, 1.165) is 0 Å². The van der Waals surface area contributed by atoms with Crippen molar-refractivity contribution >= 4 is 44.8 Å².